The first-order valence-electron chi connectivity index (χ1n) is 8.34. The van der Waals surface area contributed by atoms with Gasteiger partial charge >= 0.3 is 0 Å². The van der Waals surface area contributed by atoms with E-state index >= 15 is 0 Å². The zero-order valence-electron chi connectivity index (χ0n) is 13.1. The van der Waals surface area contributed by atoms with Gasteiger partial charge in [0.15, 0.2) is 0 Å². The van der Waals surface area contributed by atoms with E-state index in [9.17, 15) is 0 Å². The van der Waals surface area contributed by atoms with Gasteiger partial charge < -0.3 is 5.73 Å². The summed E-state index contributed by atoms with van der Waals surface area (Å²) in [6.07, 6.45) is 21.8. The van der Waals surface area contributed by atoms with Gasteiger partial charge in [-0.15, -0.1) is 0 Å². The molecule has 2 N–H and O–H groups in total. The minimum Gasteiger partial charge on any atom is -0.328 e. The first kappa shape index (κ1) is 18.4. The molecule has 19 heavy (non-hydrogen) atoms. The van der Waals surface area contributed by atoms with Gasteiger partial charge in [-0.3, -0.25) is 0 Å². The summed E-state index contributed by atoms with van der Waals surface area (Å²) in [5, 5.41) is 0. The van der Waals surface area contributed by atoms with Gasteiger partial charge in [0.2, 0.25) is 0 Å². The number of hydrogen-bond donors (Lipinski definition) is 1. The molecule has 0 bridgehead atoms. The number of hydrogen-bond acceptors (Lipinski definition) is 1. The van der Waals surface area contributed by atoms with Crippen LogP contribution in [0.4, 0.5) is 0 Å². The van der Waals surface area contributed by atoms with Crippen molar-refractivity contribution in [2.24, 2.45) is 5.73 Å². The Balaban J connectivity index is 3.15. The van der Waals surface area contributed by atoms with E-state index in [1.165, 1.54) is 77.0 Å². The summed E-state index contributed by atoms with van der Waals surface area (Å²) >= 11 is 0. The molecule has 1 nitrogen and oxygen atoms in total. The second-order valence-corrected chi connectivity index (χ2v) is 5.62. The van der Waals surface area contributed by atoms with Crippen molar-refractivity contribution in [3.8, 4) is 0 Å². The number of rotatable bonds is 14. The van der Waals surface area contributed by atoms with E-state index in [1.54, 1.807) is 0 Å². The molecular formula is C18H35N. The van der Waals surface area contributed by atoms with Crippen LogP contribution >= 0.6 is 0 Å². The van der Waals surface area contributed by atoms with Crippen molar-refractivity contribution in [1.29, 1.82) is 0 Å². The minimum atomic E-state index is 0.451. The third-order valence-corrected chi connectivity index (χ3v) is 3.65. The van der Waals surface area contributed by atoms with E-state index in [0.717, 1.165) is 0 Å². The van der Waals surface area contributed by atoms with E-state index < -0.39 is 0 Å². The van der Waals surface area contributed by atoms with Crippen LogP contribution in [0.5, 0.6) is 0 Å². The molecule has 1 atom stereocenters. The van der Waals surface area contributed by atoms with Crippen LogP contribution in [0, 0.1) is 0 Å². The molecule has 0 aliphatic heterocycles. The quantitative estimate of drug-likeness (QED) is 0.314. The maximum absolute atomic E-state index is 6.13. The predicted molar refractivity (Wildman–Crippen MR) is 88.4 cm³/mol. The molecule has 0 saturated heterocycles. The third-order valence-electron chi connectivity index (χ3n) is 3.65. The second kappa shape index (κ2) is 15.5. The Labute approximate surface area is 121 Å². The van der Waals surface area contributed by atoms with Gasteiger partial charge in [-0.1, -0.05) is 83.1 Å². The average Bonchev–Trinajstić information content (AvgIpc) is 2.42. The molecule has 0 heterocycles. The summed E-state index contributed by atoms with van der Waals surface area (Å²) in [5.41, 5.74) is 6.13. The Morgan fingerprint density at radius 2 is 1.47 bits per heavy atom. The Bertz CT molecular complexity index is 208. The molecule has 0 rings (SSSR count). The van der Waals surface area contributed by atoms with E-state index in [2.05, 4.69) is 19.6 Å². The van der Waals surface area contributed by atoms with E-state index in [4.69, 9.17) is 5.73 Å². The fourth-order valence-electron chi connectivity index (χ4n) is 2.37. The summed E-state index contributed by atoms with van der Waals surface area (Å²) in [6.45, 7) is 5.93. The Morgan fingerprint density at radius 3 is 2.11 bits per heavy atom. The normalized spacial score (nSPS) is 12.9. The Morgan fingerprint density at radius 1 is 0.895 bits per heavy atom. The lowest BCUT2D eigenvalue weighted by atomic mass is 10.0. The van der Waals surface area contributed by atoms with Crippen LogP contribution in [0.1, 0.15) is 84.0 Å². The largest absolute Gasteiger partial charge is 0.328 e. The molecule has 0 aromatic carbocycles. The summed E-state index contributed by atoms with van der Waals surface area (Å²) in [4.78, 5) is 0. The molecule has 0 fully saturated rings. The van der Waals surface area contributed by atoms with E-state index in [1.807, 2.05) is 12.2 Å². The van der Waals surface area contributed by atoms with Gasteiger partial charge in [-0.2, -0.15) is 0 Å². The van der Waals surface area contributed by atoms with E-state index in [-0.39, 0.29) is 0 Å². The lowest BCUT2D eigenvalue weighted by molar-refractivity contribution is 0.489. The SMILES string of the molecule is C=CC=CCCCCCCCC(N)CCCCCC. The number of allylic oxidation sites excluding steroid dienone is 3. The fourth-order valence-corrected chi connectivity index (χ4v) is 2.37. The van der Waals surface area contributed by atoms with Gasteiger partial charge in [0, 0.05) is 6.04 Å². The fraction of sp³-hybridized carbons (Fsp3) is 0.778. The van der Waals surface area contributed by atoms with Gasteiger partial charge in [0.25, 0.3) is 0 Å². The van der Waals surface area contributed by atoms with E-state index in [0.29, 0.717) is 6.04 Å². The molecule has 0 spiro atoms. The highest BCUT2D eigenvalue weighted by atomic mass is 14.6. The first-order valence-corrected chi connectivity index (χ1v) is 8.34. The van der Waals surface area contributed by atoms with Crippen LogP contribution in [0.2, 0.25) is 0 Å². The highest BCUT2D eigenvalue weighted by molar-refractivity contribution is 4.96. The molecule has 0 aliphatic rings. The molecule has 0 aromatic heterocycles. The zero-order chi connectivity index (χ0) is 14.2. The standard InChI is InChI=1S/C18H35N/c1-3-5-7-9-10-11-12-13-15-17-18(19)16-14-8-6-4-2/h3,5,7,18H,1,4,6,8-17,19H2,2H3. The van der Waals surface area contributed by atoms with Crippen LogP contribution in [-0.4, -0.2) is 6.04 Å². The van der Waals surface area contributed by atoms with Gasteiger partial charge in [0.1, 0.15) is 0 Å². The third kappa shape index (κ3) is 15.4. The van der Waals surface area contributed by atoms with Gasteiger partial charge in [-0.05, 0) is 25.7 Å². The average molecular weight is 265 g/mol. The summed E-state index contributed by atoms with van der Waals surface area (Å²) in [6, 6.07) is 0.451. The maximum atomic E-state index is 6.13. The molecule has 0 radical (unpaired) electrons. The van der Waals surface area contributed by atoms with Gasteiger partial charge in [-0.25, -0.2) is 0 Å². The first-order chi connectivity index (χ1) is 9.31. The van der Waals surface area contributed by atoms with Crippen molar-refractivity contribution in [3.05, 3.63) is 24.8 Å². The summed E-state index contributed by atoms with van der Waals surface area (Å²) in [7, 11) is 0. The topological polar surface area (TPSA) is 26.0 Å². The van der Waals surface area contributed by atoms with Crippen LogP contribution in [-0.2, 0) is 0 Å². The molecule has 1 heteroatoms. The monoisotopic (exact) mass is 265 g/mol. The Hall–Kier alpha value is -0.560. The van der Waals surface area contributed by atoms with Crippen LogP contribution in [0.25, 0.3) is 0 Å². The van der Waals surface area contributed by atoms with Crippen molar-refractivity contribution in [2.45, 2.75) is 90.0 Å². The summed E-state index contributed by atoms with van der Waals surface area (Å²) < 4.78 is 0. The molecule has 0 aromatic rings. The predicted octanol–water partition coefficient (Wildman–Crippen LogP) is 5.76. The van der Waals surface area contributed by atoms with Crippen LogP contribution < -0.4 is 5.73 Å². The molecule has 1 unspecified atom stereocenters. The van der Waals surface area contributed by atoms with Crippen molar-refractivity contribution in [1.82, 2.24) is 0 Å². The van der Waals surface area contributed by atoms with Crippen molar-refractivity contribution in [2.75, 3.05) is 0 Å². The van der Waals surface area contributed by atoms with Crippen molar-refractivity contribution < 1.29 is 0 Å². The van der Waals surface area contributed by atoms with Crippen LogP contribution in [0.15, 0.2) is 24.8 Å². The summed E-state index contributed by atoms with van der Waals surface area (Å²) in [5.74, 6) is 0. The smallest absolute Gasteiger partial charge is 0.00388 e. The molecule has 0 aliphatic carbocycles. The highest BCUT2D eigenvalue weighted by Gasteiger charge is 2.01. The lowest BCUT2D eigenvalue weighted by Gasteiger charge is -2.10. The second-order valence-electron chi connectivity index (χ2n) is 5.62. The molecular weight excluding hydrogens is 230 g/mol. The van der Waals surface area contributed by atoms with Gasteiger partial charge in [0.05, 0.1) is 0 Å². The van der Waals surface area contributed by atoms with Crippen molar-refractivity contribution >= 4 is 0 Å². The lowest BCUT2D eigenvalue weighted by Crippen LogP contribution is -2.19. The number of unbranched alkanes of at least 4 members (excludes halogenated alkanes) is 8. The van der Waals surface area contributed by atoms with Crippen LogP contribution in [0.3, 0.4) is 0 Å². The minimum absolute atomic E-state index is 0.451. The maximum Gasteiger partial charge on any atom is 0.00388 e. The molecule has 0 saturated carbocycles. The zero-order valence-corrected chi connectivity index (χ0v) is 13.1. The molecule has 112 valence electrons. The number of nitrogens with two attached hydrogens (primary N) is 1. The molecule has 0 amide bonds. The highest BCUT2D eigenvalue weighted by Crippen LogP contribution is 2.12. The van der Waals surface area contributed by atoms with Crippen molar-refractivity contribution in [3.63, 3.8) is 0 Å². The Kier molecular flexibility index (Phi) is 15.0.